The highest BCUT2D eigenvalue weighted by Crippen LogP contribution is 2.12. The number of phenols is 1. The van der Waals surface area contributed by atoms with Crippen LogP contribution in [0.2, 0.25) is 0 Å². The summed E-state index contributed by atoms with van der Waals surface area (Å²) in [6, 6.07) is 0.336. The summed E-state index contributed by atoms with van der Waals surface area (Å²) < 4.78 is 0. The van der Waals surface area contributed by atoms with Gasteiger partial charge in [-0.1, -0.05) is 12.1 Å². The van der Waals surface area contributed by atoms with E-state index in [-0.39, 0.29) is 30.8 Å². The summed E-state index contributed by atoms with van der Waals surface area (Å²) in [4.78, 5) is 71.5. The molecule has 0 bridgehead atoms. The molecule has 5 amide bonds. The quantitative estimate of drug-likeness (QED) is 0.105. The zero-order valence-electron chi connectivity index (χ0n) is 19.2. The van der Waals surface area contributed by atoms with Crippen LogP contribution in [0.5, 0.6) is 5.75 Å². The molecule has 15 heteroatoms. The molecule has 0 fully saturated rings. The van der Waals surface area contributed by atoms with E-state index in [1.165, 1.54) is 24.3 Å². The van der Waals surface area contributed by atoms with Gasteiger partial charge < -0.3 is 43.4 Å². The second kappa shape index (κ2) is 14.5. The lowest BCUT2D eigenvalue weighted by Gasteiger charge is -2.24. The molecule has 0 spiro atoms. The second-order valence-corrected chi connectivity index (χ2v) is 8.22. The van der Waals surface area contributed by atoms with E-state index in [1.807, 2.05) is 0 Å². The Morgan fingerprint density at radius 1 is 0.833 bits per heavy atom. The Bertz CT molecular complexity index is 974. The number of nitrogens with one attached hydrogen (secondary N) is 3. The van der Waals surface area contributed by atoms with Gasteiger partial charge in [0.25, 0.3) is 0 Å². The number of aromatic hydroxyl groups is 1. The minimum atomic E-state index is -1.46. The molecule has 11 N–H and O–H groups in total. The number of phenolic OH excluding ortho intramolecular Hbond substituents is 1. The maximum atomic E-state index is 12.9. The van der Waals surface area contributed by atoms with Gasteiger partial charge in [-0.2, -0.15) is 12.6 Å². The van der Waals surface area contributed by atoms with E-state index in [4.69, 9.17) is 17.2 Å². The summed E-state index contributed by atoms with van der Waals surface area (Å²) in [6.07, 6.45) is -1.15. The zero-order chi connectivity index (χ0) is 27.4. The van der Waals surface area contributed by atoms with Crippen molar-refractivity contribution in [2.45, 2.75) is 49.9 Å². The molecule has 198 valence electrons. The van der Waals surface area contributed by atoms with E-state index < -0.39 is 66.1 Å². The first-order valence-electron chi connectivity index (χ1n) is 10.7. The molecule has 0 heterocycles. The molecular formula is C21H30N6O8S. The van der Waals surface area contributed by atoms with E-state index >= 15 is 0 Å². The molecule has 14 nitrogen and oxygen atoms in total. The van der Waals surface area contributed by atoms with Crippen LogP contribution in [0.1, 0.15) is 24.8 Å². The fourth-order valence-corrected chi connectivity index (χ4v) is 3.21. The van der Waals surface area contributed by atoms with E-state index in [0.717, 1.165) is 0 Å². The number of carboxylic acids is 1. The number of carbonyl (C=O) groups excluding carboxylic acids is 5. The Labute approximate surface area is 211 Å². The largest absolute Gasteiger partial charge is 0.508 e. The highest BCUT2D eigenvalue weighted by molar-refractivity contribution is 7.80. The molecule has 0 saturated carbocycles. The lowest BCUT2D eigenvalue weighted by Crippen LogP contribution is -2.58. The topological polar surface area (TPSA) is 257 Å². The van der Waals surface area contributed by atoms with Gasteiger partial charge in [0.2, 0.25) is 29.5 Å². The Kier molecular flexibility index (Phi) is 12.2. The van der Waals surface area contributed by atoms with Gasteiger partial charge >= 0.3 is 5.97 Å². The molecule has 0 saturated heterocycles. The van der Waals surface area contributed by atoms with Gasteiger partial charge in [-0.3, -0.25) is 24.0 Å². The third kappa shape index (κ3) is 10.6. The predicted molar refractivity (Wildman–Crippen MR) is 129 cm³/mol. The average molecular weight is 527 g/mol. The summed E-state index contributed by atoms with van der Waals surface area (Å²) in [5.41, 5.74) is 16.1. The third-order valence-corrected chi connectivity index (χ3v) is 5.24. The van der Waals surface area contributed by atoms with E-state index in [2.05, 4.69) is 28.6 Å². The maximum Gasteiger partial charge on any atom is 0.326 e. The number of nitrogens with two attached hydrogens (primary N) is 3. The fraction of sp³-hybridized carbons (Fsp3) is 0.429. The summed E-state index contributed by atoms with van der Waals surface area (Å²) in [5.74, 6) is -5.80. The summed E-state index contributed by atoms with van der Waals surface area (Å²) in [5, 5.41) is 25.8. The van der Waals surface area contributed by atoms with Crippen LogP contribution in [0.15, 0.2) is 24.3 Å². The molecule has 0 radical (unpaired) electrons. The lowest BCUT2D eigenvalue weighted by atomic mass is 10.0. The van der Waals surface area contributed by atoms with Gasteiger partial charge in [0.05, 0.1) is 12.5 Å². The van der Waals surface area contributed by atoms with E-state index in [1.54, 1.807) is 0 Å². The lowest BCUT2D eigenvalue weighted by molar-refractivity contribution is -0.142. The predicted octanol–water partition coefficient (Wildman–Crippen LogP) is -3.13. The molecule has 1 rings (SSSR count). The van der Waals surface area contributed by atoms with Gasteiger partial charge in [0.1, 0.15) is 23.9 Å². The first-order valence-corrected chi connectivity index (χ1v) is 11.3. The van der Waals surface area contributed by atoms with Crippen LogP contribution >= 0.6 is 12.6 Å². The Morgan fingerprint density at radius 2 is 1.36 bits per heavy atom. The number of carboxylic acid groups (broad SMARTS) is 1. The van der Waals surface area contributed by atoms with Crippen molar-refractivity contribution in [3.63, 3.8) is 0 Å². The summed E-state index contributed by atoms with van der Waals surface area (Å²) in [6.45, 7) is 0. The number of amides is 5. The van der Waals surface area contributed by atoms with Crippen LogP contribution in [-0.2, 0) is 35.2 Å². The Morgan fingerprint density at radius 3 is 1.86 bits per heavy atom. The van der Waals surface area contributed by atoms with Crippen LogP contribution in [-0.4, -0.2) is 75.6 Å². The highest BCUT2D eigenvalue weighted by Gasteiger charge is 2.30. The number of rotatable bonds is 15. The molecule has 4 atom stereocenters. The van der Waals surface area contributed by atoms with Crippen molar-refractivity contribution in [3.05, 3.63) is 29.8 Å². The van der Waals surface area contributed by atoms with Crippen molar-refractivity contribution in [2.75, 3.05) is 5.75 Å². The van der Waals surface area contributed by atoms with Crippen molar-refractivity contribution in [1.29, 1.82) is 0 Å². The number of primary amides is 2. The van der Waals surface area contributed by atoms with E-state index in [9.17, 15) is 39.0 Å². The molecule has 0 aliphatic rings. The van der Waals surface area contributed by atoms with Crippen molar-refractivity contribution < 1.29 is 39.0 Å². The number of aliphatic carboxylic acids is 1. The smallest absolute Gasteiger partial charge is 0.326 e. The molecule has 0 aliphatic heterocycles. The van der Waals surface area contributed by atoms with Gasteiger partial charge in [-0.25, -0.2) is 4.79 Å². The Hall–Kier alpha value is -3.85. The average Bonchev–Trinajstić information content (AvgIpc) is 2.79. The number of benzene rings is 1. The molecule has 0 aliphatic carbocycles. The van der Waals surface area contributed by atoms with Crippen LogP contribution in [0, 0.1) is 0 Å². The number of thiol groups is 1. The van der Waals surface area contributed by atoms with Crippen molar-refractivity contribution in [3.8, 4) is 5.75 Å². The second-order valence-electron chi connectivity index (χ2n) is 7.86. The molecule has 1 aromatic rings. The summed E-state index contributed by atoms with van der Waals surface area (Å²) >= 11 is 4.02. The van der Waals surface area contributed by atoms with Crippen LogP contribution in [0.25, 0.3) is 0 Å². The number of hydrogen-bond donors (Lipinski definition) is 9. The van der Waals surface area contributed by atoms with Crippen LogP contribution in [0.4, 0.5) is 0 Å². The minimum absolute atomic E-state index is 0.0358. The SMILES string of the molecule is NC(=O)CCC(NC(=O)C(Cc1ccc(O)cc1)NC(=O)C(CS)NC(=O)C(N)CC(N)=O)C(=O)O. The molecular weight excluding hydrogens is 496 g/mol. The van der Waals surface area contributed by atoms with Crippen molar-refractivity contribution in [2.24, 2.45) is 17.2 Å². The maximum absolute atomic E-state index is 12.9. The molecule has 0 aromatic heterocycles. The van der Waals surface area contributed by atoms with Crippen molar-refractivity contribution in [1.82, 2.24) is 16.0 Å². The minimum Gasteiger partial charge on any atom is -0.508 e. The highest BCUT2D eigenvalue weighted by atomic mass is 32.1. The van der Waals surface area contributed by atoms with Gasteiger partial charge in [-0.05, 0) is 24.1 Å². The Balaban J connectivity index is 3.06. The summed E-state index contributed by atoms with van der Waals surface area (Å²) in [7, 11) is 0. The molecule has 4 unspecified atom stereocenters. The van der Waals surface area contributed by atoms with Crippen molar-refractivity contribution >= 4 is 48.1 Å². The third-order valence-electron chi connectivity index (χ3n) is 4.88. The van der Waals surface area contributed by atoms with Gasteiger partial charge in [0.15, 0.2) is 0 Å². The first kappa shape index (κ1) is 30.2. The number of carbonyl (C=O) groups is 6. The fourth-order valence-electron chi connectivity index (χ4n) is 2.95. The first-order chi connectivity index (χ1) is 16.8. The van der Waals surface area contributed by atoms with E-state index in [0.29, 0.717) is 5.56 Å². The normalized spacial score (nSPS) is 13.9. The number of hydrogen-bond acceptors (Lipinski definition) is 9. The molecule has 1 aromatic carbocycles. The van der Waals surface area contributed by atoms with Gasteiger partial charge in [-0.15, -0.1) is 0 Å². The molecule has 36 heavy (non-hydrogen) atoms. The zero-order valence-corrected chi connectivity index (χ0v) is 20.1. The standard InChI is InChI=1S/C21H30N6O8S/c22-12(8-17(24)30)18(31)27-15(9-36)20(33)26-14(7-10-1-3-11(28)4-2-10)19(32)25-13(21(34)35)5-6-16(23)29/h1-4,12-15,28,36H,5-9,22H2,(H2,23,29)(H2,24,30)(H,25,32)(H,26,33)(H,27,31)(H,34,35). The van der Waals surface area contributed by atoms with Crippen LogP contribution in [0.3, 0.4) is 0 Å². The van der Waals surface area contributed by atoms with Crippen LogP contribution < -0.4 is 33.2 Å². The monoisotopic (exact) mass is 526 g/mol. The van der Waals surface area contributed by atoms with Gasteiger partial charge in [0, 0.05) is 18.6 Å².